The van der Waals surface area contributed by atoms with Crippen molar-refractivity contribution in [2.75, 3.05) is 25.5 Å². The molecule has 12 heavy (non-hydrogen) atoms. The number of nitrogens with zero attached hydrogens (tertiary/aromatic N) is 2. The summed E-state index contributed by atoms with van der Waals surface area (Å²) in [5.41, 5.74) is 0. The smallest absolute Gasteiger partial charge is 0.100 e. The van der Waals surface area contributed by atoms with Crippen LogP contribution in [0.15, 0.2) is 4.99 Å². The molecule has 1 heterocycles. The Hall–Kier alpha value is -0.240. The fraction of sp³-hybridized carbons (Fsp3) is 0.889. The third-order valence-electron chi connectivity index (χ3n) is 2.13. The van der Waals surface area contributed by atoms with Gasteiger partial charge in [-0.25, -0.2) is 0 Å². The van der Waals surface area contributed by atoms with Crippen molar-refractivity contribution in [2.45, 2.75) is 26.2 Å². The van der Waals surface area contributed by atoms with Gasteiger partial charge in [-0.05, 0) is 6.42 Å². The molecule has 0 aromatic carbocycles. The molecule has 1 rings (SSSR count). The molecule has 0 atom stereocenters. The molecular weight excluding hydrogens is 172 g/mol. The van der Waals surface area contributed by atoms with E-state index in [0.717, 1.165) is 26.1 Å². The van der Waals surface area contributed by atoms with Crippen molar-refractivity contribution in [1.82, 2.24) is 4.90 Å². The lowest BCUT2D eigenvalue weighted by Crippen LogP contribution is -2.28. The second-order valence-corrected chi connectivity index (χ2v) is 3.46. The first-order chi connectivity index (χ1) is 5.88. The zero-order valence-corrected chi connectivity index (χ0v) is 8.48. The van der Waals surface area contributed by atoms with E-state index in [-0.39, 0.29) is 0 Å². The van der Waals surface area contributed by atoms with Gasteiger partial charge in [0.1, 0.15) is 5.84 Å². The van der Waals surface area contributed by atoms with Gasteiger partial charge in [0.2, 0.25) is 0 Å². The predicted octanol–water partition coefficient (Wildman–Crippen LogP) is 2.13. The number of hydrogen-bond acceptors (Lipinski definition) is 2. The fourth-order valence-corrected chi connectivity index (χ4v) is 1.61. The second kappa shape index (κ2) is 5.41. The van der Waals surface area contributed by atoms with Gasteiger partial charge in [0.25, 0.3) is 0 Å². The van der Waals surface area contributed by atoms with Crippen molar-refractivity contribution in [3.63, 3.8) is 0 Å². The molecule has 0 bridgehead atoms. The molecule has 0 aromatic heterocycles. The van der Waals surface area contributed by atoms with Crippen LogP contribution in [0.2, 0.25) is 0 Å². The predicted molar refractivity (Wildman–Crippen MR) is 54.1 cm³/mol. The highest BCUT2D eigenvalue weighted by molar-refractivity contribution is 6.19. The molecule has 0 amide bonds. The van der Waals surface area contributed by atoms with Crippen LogP contribution >= 0.6 is 11.6 Å². The van der Waals surface area contributed by atoms with Gasteiger partial charge in [-0.15, -0.1) is 11.6 Å². The number of halogens is 1. The second-order valence-electron chi connectivity index (χ2n) is 3.08. The lowest BCUT2D eigenvalue weighted by atomic mass is 10.3. The highest BCUT2D eigenvalue weighted by Gasteiger charge is 2.14. The van der Waals surface area contributed by atoms with Crippen LogP contribution in [0, 0.1) is 0 Å². The number of alkyl halides is 1. The summed E-state index contributed by atoms with van der Waals surface area (Å²) in [5, 5.41) is 0. The van der Waals surface area contributed by atoms with Crippen molar-refractivity contribution in [2.24, 2.45) is 4.99 Å². The maximum atomic E-state index is 5.67. The normalized spacial score (nSPS) is 16.8. The quantitative estimate of drug-likeness (QED) is 0.604. The number of unbranched alkanes of at least 4 members (excludes halogenated alkanes) is 1. The van der Waals surface area contributed by atoms with Crippen LogP contribution in [0.5, 0.6) is 0 Å². The monoisotopic (exact) mass is 188 g/mol. The summed E-state index contributed by atoms with van der Waals surface area (Å²) in [5.74, 6) is 1.92. The Bertz CT molecular complexity index is 157. The molecule has 0 saturated carbocycles. The van der Waals surface area contributed by atoms with Gasteiger partial charge in [0, 0.05) is 25.4 Å². The van der Waals surface area contributed by atoms with Crippen LogP contribution in [-0.4, -0.2) is 36.2 Å². The summed E-state index contributed by atoms with van der Waals surface area (Å²) in [6.07, 6.45) is 3.46. The molecule has 3 heteroatoms. The van der Waals surface area contributed by atoms with E-state index in [9.17, 15) is 0 Å². The standard InChI is InChI=1S/C9H17ClN2/c1-2-3-7-12-8-6-11-9(12)4-5-10/h2-8H2,1H3. The Labute approximate surface area is 79.6 Å². The van der Waals surface area contributed by atoms with E-state index in [0.29, 0.717) is 5.88 Å². The summed E-state index contributed by atoms with van der Waals surface area (Å²) in [4.78, 5) is 6.78. The molecule has 1 aliphatic heterocycles. The molecule has 70 valence electrons. The third-order valence-corrected chi connectivity index (χ3v) is 2.32. The van der Waals surface area contributed by atoms with Gasteiger partial charge in [0.05, 0.1) is 6.54 Å². The number of hydrogen-bond donors (Lipinski definition) is 0. The minimum atomic E-state index is 0.696. The Morgan fingerprint density at radius 1 is 1.58 bits per heavy atom. The van der Waals surface area contributed by atoms with E-state index in [1.54, 1.807) is 0 Å². The zero-order valence-electron chi connectivity index (χ0n) is 7.72. The van der Waals surface area contributed by atoms with Crippen LogP contribution < -0.4 is 0 Å². The van der Waals surface area contributed by atoms with E-state index in [4.69, 9.17) is 11.6 Å². The van der Waals surface area contributed by atoms with E-state index in [1.165, 1.54) is 18.7 Å². The lowest BCUT2D eigenvalue weighted by Gasteiger charge is -2.19. The maximum absolute atomic E-state index is 5.67. The highest BCUT2D eigenvalue weighted by atomic mass is 35.5. The number of rotatable bonds is 5. The molecular formula is C9H17ClN2. The first-order valence-electron chi connectivity index (χ1n) is 4.72. The summed E-state index contributed by atoms with van der Waals surface area (Å²) in [6.45, 7) is 5.45. The first-order valence-corrected chi connectivity index (χ1v) is 5.26. The Balaban J connectivity index is 2.28. The number of aliphatic imine (C=N–C) groups is 1. The molecule has 0 aliphatic carbocycles. The largest absolute Gasteiger partial charge is 0.358 e. The molecule has 2 nitrogen and oxygen atoms in total. The van der Waals surface area contributed by atoms with Gasteiger partial charge in [-0.2, -0.15) is 0 Å². The molecule has 0 saturated heterocycles. The van der Waals surface area contributed by atoms with E-state index in [2.05, 4.69) is 16.8 Å². The van der Waals surface area contributed by atoms with Crippen LogP contribution in [0.1, 0.15) is 26.2 Å². The number of amidine groups is 1. The Morgan fingerprint density at radius 3 is 3.08 bits per heavy atom. The molecule has 1 aliphatic rings. The van der Waals surface area contributed by atoms with Gasteiger partial charge < -0.3 is 4.90 Å². The average Bonchev–Trinajstić information content (AvgIpc) is 2.50. The average molecular weight is 189 g/mol. The van der Waals surface area contributed by atoms with Crippen molar-refractivity contribution < 1.29 is 0 Å². The lowest BCUT2D eigenvalue weighted by molar-refractivity contribution is 0.437. The molecule has 0 fully saturated rings. The minimum absolute atomic E-state index is 0.696. The Kier molecular flexibility index (Phi) is 4.44. The minimum Gasteiger partial charge on any atom is -0.358 e. The SMILES string of the molecule is CCCCN1CCN=C1CCCl. The molecule has 0 aromatic rings. The molecule has 0 unspecified atom stereocenters. The maximum Gasteiger partial charge on any atom is 0.100 e. The topological polar surface area (TPSA) is 15.6 Å². The van der Waals surface area contributed by atoms with Gasteiger partial charge in [-0.3, -0.25) is 4.99 Å². The van der Waals surface area contributed by atoms with E-state index in [1.807, 2.05) is 0 Å². The highest BCUT2D eigenvalue weighted by Crippen LogP contribution is 2.07. The van der Waals surface area contributed by atoms with Crippen LogP contribution in [0.25, 0.3) is 0 Å². The summed E-state index contributed by atoms with van der Waals surface area (Å²) in [6, 6.07) is 0. The van der Waals surface area contributed by atoms with Gasteiger partial charge >= 0.3 is 0 Å². The summed E-state index contributed by atoms with van der Waals surface area (Å²) < 4.78 is 0. The van der Waals surface area contributed by atoms with Crippen molar-refractivity contribution in [1.29, 1.82) is 0 Å². The van der Waals surface area contributed by atoms with Crippen LogP contribution in [0.4, 0.5) is 0 Å². The Morgan fingerprint density at radius 2 is 2.42 bits per heavy atom. The van der Waals surface area contributed by atoms with E-state index >= 15 is 0 Å². The summed E-state index contributed by atoms with van der Waals surface area (Å²) >= 11 is 5.67. The molecule has 0 N–H and O–H groups in total. The van der Waals surface area contributed by atoms with Crippen molar-refractivity contribution in [3.8, 4) is 0 Å². The zero-order chi connectivity index (χ0) is 8.81. The van der Waals surface area contributed by atoms with Gasteiger partial charge in [0.15, 0.2) is 0 Å². The summed E-state index contributed by atoms with van der Waals surface area (Å²) in [7, 11) is 0. The molecule has 0 radical (unpaired) electrons. The third kappa shape index (κ3) is 2.67. The van der Waals surface area contributed by atoms with Gasteiger partial charge in [-0.1, -0.05) is 13.3 Å². The van der Waals surface area contributed by atoms with Crippen LogP contribution in [0.3, 0.4) is 0 Å². The van der Waals surface area contributed by atoms with Crippen molar-refractivity contribution in [3.05, 3.63) is 0 Å². The van der Waals surface area contributed by atoms with E-state index < -0.39 is 0 Å². The van der Waals surface area contributed by atoms with Crippen molar-refractivity contribution >= 4 is 17.4 Å². The molecule has 0 spiro atoms. The first kappa shape index (κ1) is 9.85. The fourth-order valence-electron chi connectivity index (χ4n) is 1.44. The van der Waals surface area contributed by atoms with Crippen LogP contribution in [-0.2, 0) is 0 Å².